The molecule has 0 saturated carbocycles. The van der Waals surface area contributed by atoms with Crippen molar-refractivity contribution in [2.75, 3.05) is 19.7 Å². The lowest BCUT2D eigenvalue weighted by Crippen LogP contribution is -2.42. The van der Waals surface area contributed by atoms with Gasteiger partial charge in [0.2, 0.25) is 0 Å². The van der Waals surface area contributed by atoms with Crippen LogP contribution in [-0.2, 0) is 4.74 Å². The first-order chi connectivity index (χ1) is 8.20. The van der Waals surface area contributed by atoms with Crippen molar-refractivity contribution in [2.24, 2.45) is 0 Å². The van der Waals surface area contributed by atoms with Gasteiger partial charge in [0.05, 0.1) is 18.8 Å². The van der Waals surface area contributed by atoms with E-state index in [1.807, 2.05) is 31.2 Å². The monoisotopic (exact) mass is 294 g/mol. The van der Waals surface area contributed by atoms with Gasteiger partial charge in [0.1, 0.15) is 6.04 Å². The van der Waals surface area contributed by atoms with Crippen molar-refractivity contribution in [1.29, 1.82) is 5.26 Å². The number of halogens is 1. The predicted molar refractivity (Wildman–Crippen MR) is 69.5 cm³/mol. The number of nitriles is 1. The molecule has 1 aliphatic heterocycles. The van der Waals surface area contributed by atoms with E-state index in [9.17, 15) is 5.26 Å². The Morgan fingerprint density at radius 2 is 2.18 bits per heavy atom. The van der Waals surface area contributed by atoms with E-state index < -0.39 is 0 Å². The molecular weight excluding hydrogens is 280 g/mol. The van der Waals surface area contributed by atoms with Crippen LogP contribution in [0.25, 0.3) is 0 Å². The molecule has 2 atom stereocenters. The van der Waals surface area contributed by atoms with Gasteiger partial charge in [0.25, 0.3) is 0 Å². The first-order valence-corrected chi connectivity index (χ1v) is 6.50. The van der Waals surface area contributed by atoms with Gasteiger partial charge in [-0.25, -0.2) is 0 Å². The summed E-state index contributed by atoms with van der Waals surface area (Å²) < 4.78 is 6.53. The average Bonchev–Trinajstić information content (AvgIpc) is 2.33. The van der Waals surface area contributed by atoms with Crippen LogP contribution in [0.5, 0.6) is 0 Å². The molecular formula is C13H15BrN2O. The van der Waals surface area contributed by atoms with Gasteiger partial charge >= 0.3 is 0 Å². The van der Waals surface area contributed by atoms with E-state index in [4.69, 9.17) is 4.74 Å². The van der Waals surface area contributed by atoms with E-state index in [1.165, 1.54) is 0 Å². The second kappa shape index (κ2) is 5.63. The van der Waals surface area contributed by atoms with Gasteiger partial charge < -0.3 is 4.74 Å². The fourth-order valence-electron chi connectivity index (χ4n) is 2.09. The minimum absolute atomic E-state index is 0.172. The second-order valence-corrected chi connectivity index (χ2v) is 5.18. The summed E-state index contributed by atoms with van der Waals surface area (Å²) in [6, 6.07) is 10.2. The minimum atomic E-state index is -0.172. The molecule has 17 heavy (non-hydrogen) atoms. The summed E-state index contributed by atoms with van der Waals surface area (Å²) in [4.78, 5) is 2.18. The Morgan fingerprint density at radius 1 is 1.47 bits per heavy atom. The van der Waals surface area contributed by atoms with Gasteiger partial charge in [-0.05, 0) is 24.6 Å². The van der Waals surface area contributed by atoms with Crippen LogP contribution in [0.3, 0.4) is 0 Å². The van der Waals surface area contributed by atoms with E-state index in [0.29, 0.717) is 6.61 Å². The van der Waals surface area contributed by atoms with Crippen LogP contribution in [0.4, 0.5) is 0 Å². The molecule has 0 amide bonds. The van der Waals surface area contributed by atoms with Gasteiger partial charge in [-0.3, -0.25) is 4.90 Å². The fraction of sp³-hybridized carbons (Fsp3) is 0.462. The number of rotatable bonds is 2. The molecule has 1 aliphatic rings. The van der Waals surface area contributed by atoms with E-state index >= 15 is 0 Å². The largest absolute Gasteiger partial charge is 0.376 e. The van der Waals surface area contributed by atoms with Crippen LogP contribution in [0, 0.1) is 11.3 Å². The molecule has 90 valence electrons. The Labute approximate surface area is 110 Å². The summed E-state index contributed by atoms with van der Waals surface area (Å²) in [5.41, 5.74) is 1.05. The molecule has 4 heteroatoms. The Morgan fingerprint density at radius 3 is 2.76 bits per heavy atom. The van der Waals surface area contributed by atoms with E-state index in [-0.39, 0.29) is 12.1 Å². The van der Waals surface area contributed by atoms with Crippen molar-refractivity contribution in [3.05, 3.63) is 34.3 Å². The van der Waals surface area contributed by atoms with Gasteiger partial charge in [-0.15, -0.1) is 0 Å². The number of hydrogen-bond donors (Lipinski definition) is 0. The number of benzene rings is 1. The highest BCUT2D eigenvalue weighted by Gasteiger charge is 2.25. The Kier molecular flexibility index (Phi) is 4.16. The van der Waals surface area contributed by atoms with E-state index in [0.717, 1.165) is 23.1 Å². The van der Waals surface area contributed by atoms with Crippen molar-refractivity contribution >= 4 is 15.9 Å². The van der Waals surface area contributed by atoms with Crippen LogP contribution in [0.15, 0.2) is 28.7 Å². The molecule has 3 nitrogen and oxygen atoms in total. The lowest BCUT2D eigenvalue weighted by Gasteiger charge is -2.34. The standard InChI is InChI=1S/C13H15BrN2O/c1-10-9-16(6-7-17-10)13(8-15)11-2-4-12(14)5-3-11/h2-5,10,13H,6-7,9H2,1H3. The molecule has 0 aliphatic carbocycles. The molecule has 1 heterocycles. The maximum absolute atomic E-state index is 9.34. The lowest BCUT2D eigenvalue weighted by molar-refractivity contribution is -0.0269. The first kappa shape index (κ1) is 12.6. The van der Waals surface area contributed by atoms with Crippen molar-refractivity contribution in [3.63, 3.8) is 0 Å². The minimum Gasteiger partial charge on any atom is -0.376 e. The number of morpholine rings is 1. The summed E-state index contributed by atoms with van der Waals surface area (Å²) >= 11 is 3.41. The molecule has 2 rings (SSSR count). The molecule has 1 saturated heterocycles. The summed E-state index contributed by atoms with van der Waals surface area (Å²) in [5, 5.41) is 9.34. The Balaban J connectivity index is 2.16. The molecule has 0 spiro atoms. The zero-order chi connectivity index (χ0) is 12.3. The smallest absolute Gasteiger partial charge is 0.124 e. The Hall–Kier alpha value is -0.890. The normalized spacial score (nSPS) is 23.0. The number of nitrogens with zero attached hydrogens (tertiary/aromatic N) is 2. The highest BCUT2D eigenvalue weighted by atomic mass is 79.9. The van der Waals surface area contributed by atoms with Crippen molar-refractivity contribution in [1.82, 2.24) is 4.90 Å². The predicted octanol–water partition coefficient (Wildman–Crippen LogP) is 2.73. The summed E-state index contributed by atoms with van der Waals surface area (Å²) in [6.07, 6.45) is 0.204. The highest BCUT2D eigenvalue weighted by Crippen LogP contribution is 2.23. The van der Waals surface area contributed by atoms with Crippen LogP contribution >= 0.6 is 15.9 Å². The van der Waals surface area contributed by atoms with Gasteiger partial charge in [0.15, 0.2) is 0 Å². The molecule has 1 fully saturated rings. The van der Waals surface area contributed by atoms with Crippen LogP contribution < -0.4 is 0 Å². The zero-order valence-electron chi connectivity index (χ0n) is 9.77. The third-order valence-corrected chi connectivity index (χ3v) is 3.47. The maximum Gasteiger partial charge on any atom is 0.124 e. The molecule has 0 aromatic heterocycles. The quantitative estimate of drug-likeness (QED) is 0.841. The van der Waals surface area contributed by atoms with Crippen molar-refractivity contribution in [3.8, 4) is 6.07 Å². The zero-order valence-corrected chi connectivity index (χ0v) is 11.4. The molecule has 0 N–H and O–H groups in total. The second-order valence-electron chi connectivity index (χ2n) is 4.26. The lowest BCUT2D eigenvalue weighted by atomic mass is 10.1. The SMILES string of the molecule is CC1CN(C(C#N)c2ccc(Br)cc2)CCO1. The first-order valence-electron chi connectivity index (χ1n) is 5.71. The summed E-state index contributed by atoms with van der Waals surface area (Å²) in [5.74, 6) is 0. The van der Waals surface area contributed by atoms with Crippen molar-refractivity contribution in [2.45, 2.75) is 19.1 Å². The van der Waals surface area contributed by atoms with Crippen LogP contribution in [0.1, 0.15) is 18.5 Å². The average molecular weight is 295 g/mol. The van der Waals surface area contributed by atoms with E-state index in [2.05, 4.69) is 26.9 Å². The van der Waals surface area contributed by atoms with Gasteiger partial charge in [-0.2, -0.15) is 5.26 Å². The highest BCUT2D eigenvalue weighted by molar-refractivity contribution is 9.10. The van der Waals surface area contributed by atoms with Crippen molar-refractivity contribution < 1.29 is 4.74 Å². The topological polar surface area (TPSA) is 36.3 Å². The molecule has 1 aromatic carbocycles. The Bertz CT molecular complexity index is 412. The number of ether oxygens (including phenoxy) is 1. The third-order valence-electron chi connectivity index (χ3n) is 2.95. The molecule has 1 aromatic rings. The summed E-state index contributed by atoms with van der Waals surface area (Å²) in [6.45, 7) is 4.38. The molecule has 0 bridgehead atoms. The van der Waals surface area contributed by atoms with Crippen LogP contribution in [-0.4, -0.2) is 30.7 Å². The third kappa shape index (κ3) is 3.06. The fourth-order valence-corrected chi connectivity index (χ4v) is 2.36. The molecule has 0 radical (unpaired) electrons. The molecule has 2 unspecified atom stereocenters. The summed E-state index contributed by atoms with van der Waals surface area (Å²) in [7, 11) is 0. The van der Waals surface area contributed by atoms with Gasteiger partial charge in [-0.1, -0.05) is 28.1 Å². The van der Waals surface area contributed by atoms with Gasteiger partial charge in [0, 0.05) is 17.6 Å². The number of hydrogen-bond acceptors (Lipinski definition) is 3. The maximum atomic E-state index is 9.34. The van der Waals surface area contributed by atoms with E-state index in [1.54, 1.807) is 0 Å². The van der Waals surface area contributed by atoms with Crippen LogP contribution in [0.2, 0.25) is 0 Å².